The highest BCUT2D eigenvalue weighted by molar-refractivity contribution is 5.82. The zero-order valence-electron chi connectivity index (χ0n) is 21.3. The van der Waals surface area contributed by atoms with Crippen molar-refractivity contribution >= 4 is 17.9 Å². The van der Waals surface area contributed by atoms with Crippen LogP contribution in [0, 0.1) is 12.8 Å². The lowest BCUT2D eigenvalue weighted by Gasteiger charge is -2.34. The van der Waals surface area contributed by atoms with Gasteiger partial charge in [0.1, 0.15) is 11.6 Å². The van der Waals surface area contributed by atoms with E-state index in [1.165, 1.54) is 0 Å². The Morgan fingerprint density at radius 3 is 2.68 bits per heavy atom. The van der Waals surface area contributed by atoms with Crippen LogP contribution >= 0.6 is 0 Å². The van der Waals surface area contributed by atoms with E-state index in [2.05, 4.69) is 52.2 Å². The molecule has 0 saturated carbocycles. The molecular formula is C30H34N4O3. The molecule has 0 spiro atoms. The van der Waals surface area contributed by atoms with Crippen LogP contribution in [0.1, 0.15) is 42.9 Å². The van der Waals surface area contributed by atoms with Gasteiger partial charge in [-0.3, -0.25) is 4.79 Å². The van der Waals surface area contributed by atoms with Gasteiger partial charge in [-0.15, -0.1) is 0 Å². The van der Waals surface area contributed by atoms with Gasteiger partial charge in [0.15, 0.2) is 0 Å². The minimum Gasteiger partial charge on any atom is -0.493 e. The maximum absolute atomic E-state index is 13.4. The second-order valence-electron chi connectivity index (χ2n) is 9.71. The van der Waals surface area contributed by atoms with Gasteiger partial charge in [-0.2, -0.15) is 5.10 Å². The third-order valence-corrected chi connectivity index (χ3v) is 7.25. The fraction of sp³-hybridized carbons (Fsp3) is 0.367. The van der Waals surface area contributed by atoms with E-state index in [0.29, 0.717) is 13.0 Å². The second kappa shape index (κ2) is 11.6. The van der Waals surface area contributed by atoms with E-state index in [1.807, 2.05) is 42.7 Å². The van der Waals surface area contributed by atoms with Gasteiger partial charge in [-0.25, -0.2) is 9.99 Å². The topological polar surface area (TPSA) is 78.3 Å². The molecule has 7 nitrogen and oxygen atoms in total. The Balaban J connectivity index is 1.24. The average Bonchev–Trinajstić information content (AvgIpc) is 3.44. The summed E-state index contributed by atoms with van der Waals surface area (Å²) in [6.45, 7) is 4.26. The molecule has 37 heavy (non-hydrogen) atoms. The summed E-state index contributed by atoms with van der Waals surface area (Å²) in [5.41, 5.74) is 4.49. The van der Waals surface area contributed by atoms with Crippen molar-refractivity contribution in [2.75, 3.05) is 31.2 Å². The Bertz CT molecular complexity index is 1240. The highest BCUT2D eigenvalue weighted by Gasteiger charge is 2.34. The number of hydrazone groups is 1. The van der Waals surface area contributed by atoms with Crippen LogP contribution in [0.15, 0.2) is 72.0 Å². The number of aromatic nitrogens is 1. The number of pyridine rings is 1. The van der Waals surface area contributed by atoms with Crippen LogP contribution in [0.5, 0.6) is 5.75 Å². The van der Waals surface area contributed by atoms with Gasteiger partial charge in [0, 0.05) is 50.9 Å². The number of aryl methyl sites for hydroxylation is 1. The summed E-state index contributed by atoms with van der Waals surface area (Å²) in [6, 6.07) is 20.4. The lowest BCUT2D eigenvalue weighted by Crippen LogP contribution is -2.41. The van der Waals surface area contributed by atoms with Crippen molar-refractivity contribution in [1.82, 2.24) is 9.99 Å². The molecule has 3 aromatic rings. The largest absolute Gasteiger partial charge is 0.493 e. The first-order chi connectivity index (χ1) is 18.1. The van der Waals surface area contributed by atoms with Crippen molar-refractivity contribution in [2.45, 2.75) is 38.6 Å². The van der Waals surface area contributed by atoms with Gasteiger partial charge in [0.05, 0.1) is 12.6 Å². The summed E-state index contributed by atoms with van der Waals surface area (Å²) < 4.78 is 5.79. The molecule has 192 valence electrons. The zero-order valence-corrected chi connectivity index (χ0v) is 21.3. The van der Waals surface area contributed by atoms with Gasteiger partial charge in [0.25, 0.3) is 0 Å². The molecule has 7 heteroatoms. The monoisotopic (exact) mass is 498 g/mol. The number of hydrogen-bond acceptors (Lipinski definition) is 6. The van der Waals surface area contributed by atoms with Crippen LogP contribution in [0.4, 0.5) is 5.82 Å². The van der Waals surface area contributed by atoms with Crippen molar-refractivity contribution in [3.8, 4) is 16.9 Å². The predicted molar refractivity (Wildman–Crippen MR) is 146 cm³/mol. The van der Waals surface area contributed by atoms with E-state index >= 15 is 0 Å². The Kier molecular flexibility index (Phi) is 7.80. The lowest BCUT2D eigenvalue weighted by molar-refractivity contribution is -0.138. The van der Waals surface area contributed by atoms with Crippen molar-refractivity contribution in [1.29, 1.82) is 0 Å². The molecule has 2 aliphatic rings. The molecule has 1 aromatic heterocycles. The molecule has 1 atom stereocenters. The SMILES string of the molecule is Cc1ccc(OCCCO)cc1-c1ccnc(N2CCC(C(=O)N3N=CCC3c3ccccc3)CC2)c1. The summed E-state index contributed by atoms with van der Waals surface area (Å²) >= 11 is 0. The summed E-state index contributed by atoms with van der Waals surface area (Å²) in [6.07, 6.45) is 6.65. The van der Waals surface area contributed by atoms with E-state index in [1.54, 1.807) is 5.01 Å². The maximum Gasteiger partial charge on any atom is 0.246 e. The van der Waals surface area contributed by atoms with Gasteiger partial charge in [-0.1, -0.05) is 36.4 Å². The van der Waals surface area contributed by atoms with Crippen molar-refractivity contribution < 1.29 is 14.6 Å². The van der Waals surface area contributed by atoms with E-state index in [0.717, 1.165) is 66.2 Å². The first-order valence-corrected chi connectivity index (χ1v) is 13.1. The summed E-state index contributed by atoms with van der Waals surface area (Å²) in [4.78, 5) is 20.3. The second-order valence-corrected chi connectivity index (χ2v) is 9.71. The smallest absolute Gasteiger partial charge is 0.246 e. The molecule has 2 aromatic carbocycles. The lowest BCUT2D eigenvalue weighted by atomic mass is 9.94. The Morgan fingerprint density at radius 1 is 1.08 bits per heavy atom. The third-order valence-electron chi connectivity index (χ3n) is 7.25. The molecule has 0 bridgehead atoms. The van der Waals surface area contributed by atoms with Crippen LogP contribution in [-0.2, 0) is 4.79 Å². The number of carbonyl (C=O) groups excluding carboxylic acids is 1. The molecule has 0 radical (unpaired) electrons. The van der Waals surface area contributed by atoms with Crippen LogP contribution in [-0.4, -0.2) is 53.5 Å². The molecule has 1 saturated heterocycles. The first kappa shape index (κ1) is 25.0. The third kappa shape index (κ3) is 5.67. The highest BCUT2D eigenvalue weighted by Crippen LogP contribution is 2.34. The van der Waals surface area contributed by atoms with E-state index < -0.39 is 0 Å². The molecule has 3 heterocycles. The minimum atomic E-state index is -0.0316. The average molecular weight is 499 g/mol. The Labute approximate surface area is 218 Å². The number of ether oxygens (including phenoxy) is 1. The molecule has 1 unspecified atom stereocenters. The number of aliphatic hydroxyl groups is 1. The van der Waals surface area contributed by atoms with Crippen molar-refractivity contribution in [2.24, 2.45) is 11.0 Å². The van der Waals surface area contributed by atoms with Crippen LogP contribution in [0.25, 0.3) is 11.1 Å². The van der Waals surface area contributed by atoms with Gasteiger partial charge < -0.3 is 14.7 Å². The Morgan fingerprint density at radius 2 is 1.89 bits per heavy atom. The predicted octanol–water partition coefficient (Wildman–Crippen LogP) is 4.99. The van der Waals surface area contributed by atoms with Gasteiger partial charge in [-0.05, 0) is 66.3 Å². The van der Waals surface area contributed by atoms with E-state index in [-0.39, 0.29) is 24.5 Å². The fourth-order valence-corrected chi connectivity index (χ4v) is 5.14. The van der Waals surface area contributed by atoms with Crippen molar-refractivity contribution in [3.63, 3.8) is 0 Å². The Hall–Kier alpha value is -3.71. The van der Waals surface area contributed by atoms with Crippen LogP contribution < -0.4 is 9.64 Å². The van der Waals surface area contributed by atoms with Crippen LogP contribution in [0.2, 0.25) is 0 Å². The summed E-state index contributed by atoms with van der Waals surface area (Å²) in [5, 5.41) is 15.2. The summed E-state index contributed by atoms with van der Waals surface area (Å²) in [7, 11) is 0. The van der Waals surface area contributed by atoms with Crippen molar-refractivity contribution in [3.05, 3.63) is 78.0 Å². The standard InChI is InChI=1S/C30H34N4O3/c1-22-8-9-26(37-19-5-18-35)21-27(22)25-10-14-31-29(20-25)33-16-12-24(13-17-33)30(36)34-28(11-15-32-34)23-6-3-2-4-7-23/h2-4,6-10,14-15,20-21,24,28,35H,5,11-13,16-19H2,1H3. The molecular weight excluding hydrogens is 464 g/mol. The highest BCUT2D eigenvalue weighted by atomic mass is 16.5. The molecule has 1 N–H and O–H groups in total. The number of rotatable bonds is 8. The normalized spacial score (nSPS) is 17.8. The van der Waals surface area contributed by atoms with E-state index in [4.69, 9.17) is 9.84 Å². The number of amides is 1. The number of anilines is 1. The van der Waals surface area contributed by atoms with Crippen LogP contribution in [0.3, 0.4) is 0 Å². The molecule has 1 fully saturated rings. The maximum atomic E-state index is 13.4. The number of benzene rings is 2. The molecule has 2 aliphatic heterocycles. The van der Waals surface area contributed by atoms with E-state index in [9.17, 15) is 4.79 Å². The van der Waals surface area contributed by atoms with Gasteiger partial charge in [0.2, 0.25) is 5.91 Å². The number of aliphatic hydroxyl groups excluding tert-OH is 1. The molecule has 5 rings (SSSR count). The number of hydrogen-bond donors (Lipinski definition) is 1. The first-order valence-electron chi connectivity index (χ1n) is 13.1. The number of piperidine rings is 1. The quantitative estimate of drug-likeness (QED) is 0.443. The zero-order chi connectivity index (χ0) is 25.6. The number of nitrogens with zero attached hydrogens (tertiary/aromatic N) is 4. The van der Waals surface area contributed by atoms with Gasteiger partial charge >= 0.3 is 0 Å². The summed E-state index contributed by atoms with van der Waals surface area (Å²) in [5.74, 6) is 1.81. The minimum absolute atomic E-state index is 0.00306. The molecule has 0 aliphatic carbocycles. The number of carbonyl (C=O) groups is 1. The molecule has 1 amide bonds. The fourth-order valence-electron chi connectivity index (χ4n) is 5.14.